The highest BCUT2D eigenvalue weighted by Gasteiger charge is 2.52. The molecule has 3 fully saturated rings. The summed E-state index contributed by atoms with van der Waals surface area (Å²) in [6.45, 7) is 4.16. The molecule has 0 atom stereocenters. The molecule has 0 bridgehead atoms. The van der Waals surface area contributed by atoms with Crippen LogP contribution in [-0.2, 0) is 25.7 Å². The maximum Gasteiger partial charge on any atom is 0.325 e. The van der Waals surface area contributed by atoms with Gasteiger partial charge in [-0.1, -0.05) is 25.0 Å². The van der Waals surface area contributed by atoms with Crippen molar-refractivity contribution in [2.75, 3.05) is 44.7 Å². The molecular weight excluding hydrogens is 438 g/mol. The fraction of sp³-hybridized carbons (Fsp3) is 0.583. The summed E-state index contributed by atoms with van der Waals surface area (Å²) in [7, 11) is 0. The van der Waals surface area contributed by atoms with Gasteiger partial charge in [-0.25, -0.2) is 4.79 Å². The monoisotopic (exact) mass is 471 g/mol. The van der Waals surface area contributed by atoms with Crippen LogP contribution in [0.15, 0.2) is 24.3 Å². The first kappa shape index (κ1) is 24.2. The number of hydrogen-bond donors (Lipinski definition) is 3. The molecule has 2 aliphatic heterocycles. The first-order chi connectivity index (χ1) is 16.4. The number of rotatable bonds is 9. The van der Waals surface area contributed by atoms with Gasteiger partial charge in [-0.2, -0.15) is 0 Å². The van der Waals surface area contributed by atoms with Gasteiger partial charge in [0.15, 0.2) is 0 Å². The Bertz CT molecular complexity index is 924. The standard InChI is InChI=1S/C24H33N5O5/c30-20(7-11-29-22(32)24(27-23(29)33)8-1-2-9-24)25-17-18-4-3-5-19(16-18)26-21(31)6-10-28-12-14-34-15-13-28/h3-5,16H,1-2,6-15,17H2,(H,25,30)(H,26,31)(H,27,33). The predicted molar refractivity (Wildman–Crippen MR) is 125 cm³/mol. The molecule has 1 aliphatic carbocycles. The number of morpholine rings is 1. The minimum absolute atomic E-state index is 0.0488. The van der Waals surface area contributed by atoms with E-state index in [1.165, 1.54) is 0 Å². The summed E-state index contributed by atoms with van der Waals surface area (Å²) in [5.41, 5.74) is 0.778. The van der Waals surface area contributed by atoms with Crippen molar-refractivity contribution < 1.29 is 23.9 Å². The zero-order valence-corrected chi connectivity index (χ0v) is 19.4. The van der Waals surface area contributed by atoms with Crippen LogP contribution in [0.2, 0.25) is 0 Å². The molecule has 1 spiro atoms. The summed E-state index contributed by atoms with van der Waals surface area (Å²) in [4.78, 5) is 52.9. The lowest BCUT2D eigenvalue weighted by Crippen LogP contribution is -2.44. The third kappa shape index (κ3) is 5.92. The van der Waals surface area contributed by atoms with Gasteiger partial charge in [0.05, 0.1) is 13.2 Å². The van der Waals surface area contributed by atoms with E-state index in [1.54, 1.807) is 0 Å². The molecule has 184 valence electrons. The Morgan fingerprint density at radius 3 is 2.53 bits per heavy atom. The molecule has 4 rings (SSSR count). The number of urea groups is 1. The Labute approximate surface area is 199 Å². The van der Waals surface area contributed by atoms with Gasteiger partial charge < -0.3 is 20.7 Å². The quantitative estimate of drug-likeness (QED) is 0.466. The van der Waals surface area contributed by atoms with Gasteiger partial charge in [-0.05, 0) is 30.5 Å². The van der Waals surface area contributed by atoms with Crippen molar-refractivity contribution in [1.82, 2.24) is 20.4 Å². The van der Waals surface area contributed by atoms with Crippen molar-refractivity contribution in [3.05, 3.63) is 29.8 Å². The molecule has 2 heterocycles. The largest absolute Gasteiger partial charge is 0.379 e. The summed E-state index contributed by atoms with van der Waals surface area (Å²) in [5, 5.41) is 8.55. The Hall–Kier alpha value is -2.98. The lowest BCUT2D eigenvalue weighted by Gasteiger charge is -2.26. The van der Waals surface area contributed by atoms with Crippen molar-refractivity contribution in [1.29, 1.82) is 0 Å². The number of benzene rings is 1. The van der Waals surface area contributed by atoms with E-state index in [9.17, 15) is 19.2 Å². The van der Waals surface area contributed by atoms with Crippen molar-refractivity contribution in [3.8, 4) is 0 Å². The van der Waals surface area contributed by atoms with E-state index in [2.05, 4.69) is 20.9 Å². The van der Waals surface area contributed by atoms with Crippen LogP contribution in [0, 0.1) is 0 Å². The van der Waals surface area contributed by atoms with E-state index >= 15 is 0 Å². The Balaban J connectivity index is 1.19. The van der Waals surface area contributed by atoms with Gasteiger partial charge in [-0.3, -0.25) is 24.2 Å². The fourth-order valence-corrected chi connectivity index (χ4v) is 4.77. The Morgan fingerprint density at radius 2 is 1.76 bits per heavy atom. The minimum Gasteiger partial charge on any atom is -0.379 e. The zero-order chi connectivity index (χ0) is 24.0. The molecule has 5 amide bonds. The second-order valence-electron chi connectivity index (χ2n) is 9.16. The number of anilines is 1. The van der Waals surface area contributed by atoms with E-state index in [-0.39, 0.29) is 30.7 Å². The number of nitrogens with one attached hydrogen (secondary N) is 3. The topological polar surface area (TPSA) is 120 Å². The summed E-state index contributed by atoms with van der Waals surface area (Å²) in [6.07, 6.45) is 3.64. The molecule has 1 aromatic carbocycles. The molecule has 10 nitrogen and oxygen atoms in total. The number of imide groups is 1. The minimum atomic E-state index is -0.749. The molecular formula is C24H33N5O5. The normalized spacial score (nSPS) is 19.9. The maximum atomic E-state index is 12.7. The first-order valence-corrected chi connectivity index (χ1v) is 12.0. The van der Waals surface area contributed by atoms with E-state index < -0.39 is 11.6 Å². The Kier molecular flexibility index (Phi) is 7.79. The van der Waals surface area contributed by atoms with Gasteiger partial charge in [0.25, 0.3) is 5.91 Å². The van der Waals surface area contributed by atoms with Crippen LogP contribution in [0.1, 0.15) is 44.1 Å². The second-order valence-corrected chi connectivity index (χ2v) is 9.16. The number of carbonyl (C=O) groups excluding carboxylic acids is 4. The molecule has 0 unspecified atom stereocenters. The SMILES string of the molecule is O=C(CCN1C(=O)NC2(CCCC2)C1=O)NCc1cccc(NC(=O)CCN2CCOCC2)c1. The summed E-state index contributed by atoms with van der Waals surface area (Å²) < 4.78 is 5.32. The number of hydrogen-bond acceptors (Lipinski definition) is 6. The van der Waals surface area contributed by atoms with Crippen molar-refractivity contribution in [2.24, 2.45) is 0 Å². The average molecular weight is 472 g/mol. The van der Waals surface area contributed by atoms with E-state index in [0.29, 0.717) is 51.3 Å². The molecule has 3 aliphatic rings. The average Bonchev–Trinajstić information content (AvgIpc) is 3.40. The van der Waals surface area contributed by atoms with Crippen LogP contribution in [0.25, 0.3) is 0 Å². The van der Waals surface area contributed by atoms with Gasteiger partial charge in [0.1, 0.15) is 5.54 Å². The predicted octanol–water partition coefficient (Wildman–Crippen LogP) is 1.22. The number of ether oxygens (including phenoxy) is 1. The fourth-order valence-electron chi connectivity index (χ4n) is 4.77. The third-order valence-electron chi connectivity index (χ3n) is 6.72. The van der Waals surface area contributed by atoms with Crippen LogP contribution >= 0.6 is 0 Å². The van der Waals surface area contributed by atoms with E-state index in [1.807, 2.05) is 24.3 Å². The highest BCUT2D eigenvalue weighted by Crippen LogP contribution is 2.35. The van der Waals surface area contributed by atoms with Crippen molar-refractivity contribution in [2.45, 2.75) is 50.6 Å². The summed E-state index contributed by atoms with van der Waals surface area (Å²) >= 11 is 0. The highest BCUT2D eigenvalue weighted by molar-refractivity contribution is 6.07. The van der Waals surface area contributed by atoms with Crippen LogP contribution in [0.4, 0.5) is 10.5 Å². The summed E-state index contributed by atoms with van der Waals surface area (Å²) in [6, 6.07) is 6.93. The number of amides is 5. The van der Waals surface area contributed by atoms with Crippen LogP contribution in [0.3, 0.4) is 0 Å². The molecule has 0 radical (unpaired) electrons. The van der Waals surface area contributed by atoms with Crippen LogP contribution in [-0.4, -0.2) is 78.5 Å². The van der Waals surface area contributed by atoms with Crippen LogP contribution < -0.4 is 16.0 Å². The molecule has 34 heavy (non-hydrogen) atoms. The van der Waals surface area contributed by atoms with Crippen molar-refractivity contribution in [3.63, 3.8) is 0 Å². The first-order valence-electron chi connectivity index (χ1n) is 12.0. The molecule has 1 aromatic rings. The van der Waals surface area contributed by atoms with Gasteiger partial charge in [0.2, 0.25) is 11.8 Å². The lowest BCUT2D eigenvalue weighted by atomic mass is 9.98. The van der Waals surface area contributed by atoms with Gasteiger partial charge in [0, 0.05) is 51.3 Å². The molecule has 3 N–H and O–H groups in total. The third-order valence-corrected chi connectivity index (χ3v) is 6.72. The van der Waals surface area contributed by atoms with E-state index in [4.69, 9.17) is 4.74 Å². The molecule has 0 aromatic heterocycles. The number of carbonyl (C=O) groups is 4. The molecule has 10 heteroatoms. The van der Waals surface area contributed by atoms with Crippen molar-refractivity contribution >= 4 is 29.4 Å². The Morgan fingerprint density at radius 1 is 1.03 bits per heavy atom. The maximum absolute atomic E-state index is 12.7. The second kappa shape index (κ2) is 11.0. The molecule has 2 saturated heterocycles. The lowest BCUT2D eigenvalue weighted by molar-refractivity contribution is -0.131. The smallest absolute Gasteiger partial charge is 0.325 e. The highest BCUT2D eigenvalue weighted by atomic mass is 16.5. The number of nitrogens with zero attached hydrogens (tertiary/aromatic N) is 2. The zero-order valence-electron chi connectivity index (χ0n) is 19.4. The van der Waals surface area contributed by atoms with E-state index in [0.717, 1.165) is 36.4 Å². The van der Waals surface area contributed by atoms with Gasteiger partial charge in [-0.15, -0.1) is 0 Å². The van der Waals surface area contributed by atoms with Crippen LogP contribution in [0.5, 0.6) is 0 Å². The van der Waals surface area contributed by atoms with Gasteiger partial charge >= 0.3 is 6.03 Å². The molecule has 1 saturated carbocycles. The summed E-state index contributed by atoms with van der Waals surface area (Å²) in [5.74, 6) is -0.506.